The van der Waals surface area contributed by atoms with Crippen molar-refractivity contribution in [1.82, 2.24) is 0 Å². The summed E-state index contributed by atoms with van der Waals surface area (Å²) in [6.45, 7) is 2.21. The lowest BCUT2D eigenvalue weighted by Gasteiger charge is -2.24. The summed E-state index contributed by atoms with van der Waals surface area (Å²) >= 11 is 0. The molecule has 0 atom stereocenters. The number of rotatable bonds is 3. The van der Waals surface area contributed by atoms with E-state index in [-0.39, 0.29) is 11.9 Å². The maximum Gasteiger partial charge on any atom is 0.513 e. The van der Waals surface area contributed by atoms with Gasteiger partial charge in [-0.2, -0.15) is 0 Å². The summed E-state index contributed by atoms with van der Waals surface area (Å²) in [5, 5.41) is 0. The van der Waals surface area contributed by atoms with Gasteiger partial charge in [-0.1, -0.05) is 6.92 Å². The van der Waals surface area contributed by atoms with E-state index in [1.807, 2.05) is 0 Å². The molecule has 5 heteroatoms. The monoisotopic (exact) mass is 292 g/mol. The molecule has 0 bridgehead atoms. The molecule has 5 nitrogen and oxygen atoms in total. The number of carbonyl (C=O) groups excluding carboxylic acids is 2. The van der Waals surface area contributed by atoms with Crippen molar-refractivity contribution in [1.29, 1.82) is 0 Å². The number of carbonyl (C=O) groups is 2. The zero-order valence-electron chi connectivity index (χ0n) is 12.3. The molecule has 1 fully saturated rings. The van der Waals surface area contributed by atoms with Gasteiger partial charge >= 0.3 is 12.1 Å². The van der Waals surface area contributed by atoms with E-state index in [1.165, 1.54) is 7.11 Å². The fourth-order valence-electron chi connectivity index (χ4n) is 2.41. The number of hydrogen-bond donors (Lipinski definition) is 0. The van der Waals surface area contributed by atoms with Crippen LogP contribution < -0.4 is 9.47 Å². The number of hydrogen-bond acceptors (Lipinski definition) is 5. The van der Waals surface area contributed by atoms with Gasteiger partial charge in [0.15, 0.2) is 0 Å². The number of esters is 1. The van der Waals surface area contributed by atoms with Crippen LogP contribution in [0.15, 0.2) is 24.3 Å². The van der Waals surface area contributed by atoms with Crippen LogP contribution in [0.1, 0.15) is 32.6 Å². The fourth-order valence-corrected chi connectivity index (χ4v) is 2.41. The number of ether oxygens (including phenoxy) is 3. The lowest BCUT2D eigenvalue weighted by Crippen LogP contribution is -2.24. The second kappa shape index (κ2) is 7.11. The minimum absolute atomic E-state index is 0.00723. The first-order valence-corrected chi connectivity index (χ1v) is 7.16. The predicted molar refractivity (Wildman–Crippen MR) is 76.2 cm³/mol. The molecule has 114 valence electrons. The third-order valence-corrected chi connectivity index (χ3v) is 3.76. The van der Waals surface area contributed by atoms with E-state index in [1.54, 1.807) is 24.3 Å². The van der Waals surface area contributed by atoms with Crippen LogP contribution in [0, 0.1) is 11.8 Å². The summed E-state index contributed by atoms with van der Waals surface area (Å²) in [6.07, 6.45) is 3.15. The summed E-state index contributed by atoms with van der Waals surface area (Å²) in [7, 11) is 1.24. The molecule has 0 radical (unpaired) electrons. The summed E-state index contributed by atoms with van der Waals surface area (Å²) in [6, 6.07) is 6.31. The molecule has 0 heterocycles. The number of benzene rings is 1. The van der Waals surface area contributed by atoms with Gasteiger partial charge in [0.05, 0.1) is 13.0 Å². The van der Waals surface area contributed by atoms with Gasteiger partial charge in [-0.15, -0.1) is 0 Å². The smallest absolute Gasteiger partial charge is 0.437 e. The highest BCUT2D eigenvalue weighted by Crippen LogP contribution is 2.29. The topological polar surface area (TPSA) is 61.8 Å². The molecule has 0 spiro atoms. The molecule has 1 saturated carbocycles. The molecular formula is C16H20O5. The van der Waals surface area contributed by atoms with Gasteiger partial charge in [0.2, 0.25) is 0 Å². The van der Waals surface area contributed by atoms with Crippen molar-refractivity contribution in [3.63, 3.8) is 0 Å². The minimum Gasteiger partial charge on any atom is -0.437 e. The lowest BCUT2D eigenvalue weighted by molar-refractivity contribution is -0.140. The molecular weight excluding hydrogens is 272 g/mol. The molecule has 1 aromatic rings. The first-order valence-electron chi connectivity index (χ1n) is 7.16. The highest BCUT2D eigenvalue weighted by Gasteiger charge is 2.25. The van der Waals surface area contributed by atoms with Gasteiger partial charge in [0.25, 0.3) is 0 Å². The van der Waals surface area contributed by atoms with Gasteiger partial charge < -0.3 is 14.2 Å². The average molecular weight is 292 g/mol. The molecule has 0 saturated heterocycles. The fraction of sp³-hybridized carbons (Fsp3) is 0.500. The molecule has 21 heavy (non-hydrogen) atoms. The van der Waals surface area contributed by atoms with Crippen LogP contribution in [-0.2, 0) is 9.53 Å². The molecule has 0 N–H and O–H groups in total. The Morgan fingerprint density at radius 1 is 0.952 bits per heavy atom. The first-order chi connectivity index (χ1) is 10.1. The van der Waals surface area contributed by atoms with Crippen LogP contribution in [-0.4, -0.2) is 19.2 Å². The van der Waals surface area contributed by atoms with E-state index < -0.39 is 6.16 Å². The van der Waals surface area contributed by atoms with E-state index in [2.05, 4.69) is 11.7 Å². The number of methoxy groups -OCH3 is 1. The Morgan fingerprint density at radius 2 is 1.48 bits per heavy atom. The molecule has 2 rings (SSSR count). The molecule has 0 amide bonds. The normalized spacial score (nSPS) is 21.4. The Hall–Kier alpha value is -2.04. The van der Waals surface area contributed by atoms with Gasteiger partial charge in [-0.3, -0.25) is 4.79 Å². The highest BCUT2D eigenvalue weighted by atomic mass is 16.7. The zero-order valence-corrected chi connectivity index (χ0v) is 12.3. The van der Waals surface area contributed by atoms with Crippen LogP contribution in [0.4, 0.5) is 4.79 Å². The molecule has 1 aliphatic carbocycles. The SMILES string of the molecule is COC(=O)Oc1ccc(OC(=O)C2CCC(C)CC2)cc1. The molecule has 0 unspecified atom stereocenters. The van der Waals surface area contributed by atoms with Gasteiger partial charge in [0, 0.05) is 0 Å². The van der Waals surface area contributed by atoms with E-state index in [9.17, 15) is 9.59 Å². The third-order valence-electron chi connectivity index (χ3n) is 3.76. The summed E-state index contributed by atoms with van der Waals surface area (Å²) in [5.41, 5.74) is 0. The lowest BCUT2D eigenvalue weighted by atomic mass is 9.83. The molecule has 0 aromatic heterocycles. The summed E-state index contributed by atoms with van der Waals surface area (Å²) in [4.78, 5) is 23.0. The molecule has 0 aliphatic heterocycles. The maximum absolute atomic E-state index is 12.1. The van der Waals surface area contributed by atoms with Crippen LogP contribution >= 0.6 is 0 Å². The van der Waals surface area contributed by atoms with Crippen molar-refractivity contribution in [2.45, 2.75) is 32.6 Å². The highest BCUT2D eigenvalue weighted by molar-refractivity contribution is 5.75. The quantitative estimate of drug-likeness (QED) is 0.484. The van der Waals surface area contributed by atoms with Crippen LogP contribution in [0.2, 0.25) is 0 Å². The van der Waals surface area contributed by atoms with Crippen molar-refractivity contribution in [3.05, 3.63) is 24.3 Å². The summed E-state index contributed by atoms with van der Waals surface area (Å²) < 4.78 is 14.6. The van der Waals surface area contributed by atoms with E-state index in [4.69, 9.17) is 9.47 Å². The van der Waals surface area contributed by atoms with Crippen molar-refractivity contribution >= 4 is 12.1 Å². The van der Waals surface area contributed by atoms with Gasteiger partial charge in [-0.05, 0) is 55.9 Å². The zero-order chi connectivity index (χ0) is 15.2. The average Bonchev–Trinajstić information content (AvgIpc) is 2.49. The van der Waals surface area contributed by atoms with Crippen molar-refractivity contribution in [3.8, 4) is 11.5 Å². The van der Waals surface area contributed by atoms with Crippen LogP contribution in [0.5, 0.6) is 11.5 Å². The van der Waals surface area contributed by atoms with Crippen molar-refractivity contribution in [2.75, 3.05) is 7.11 Å². The second-order valence-corrected chi connectivity index (χ2v) is 5.41. The first kappa shape index (κ1) is 15.4. The van der Waals surface area contributed by atoms with Gasteiger partial charge in [-0.25, -0.2) is 4.79 Å². The maximum atomic E-state index is 12.1. The van der Waals surface area contributed by atoms with E-state index in [0.717, 1.165) is 25.7 Å². The molecule has 1 aromatic carbocycles. The largest absolute Gasteiger partial charge is 0.513 e. The summed E-state index contributed by atoms with van der Waals surface area (Å²) in [5.74, 6) is 1.31. The van der Waals surface area contributed by atoms with Crippen LogP contribution in [0.3, 0.4) is 0 Å². The standard InChI is InChI=1S/C16H20O5/c1-11-3-5-12(6-4-11)15(17)20-13-7-9-14(10-8-13)21-16(18)19-2/h7-12H,3-6H2,1-2H3. The Bertz CT molecular complexity index is 486. The second-order valence-electron chi connectivity index (χ2n) is 5.41. The Balaban J connectivity index is 1.88. The predicted octanol–water partition coefficient (Wildman–Crippen LogP) is 3.56. The van der Waals surface area contributed by atoms with E-state index in [0.29, 0.717) is 17.4 Å². The van der Waals surface area contributed by atoms with Crippen molar-refractivity contribution < 1.29 is 23.8 Å². The Labute approximate surface area is 124 Å². The minimum atomic E-state index is -0.781. The van der Waals surface area contributed by atoms with Crippen LogP contribution in [0.25, 0.3) is 0 Å². The third kappa shape index (κ3) is 4.48. The Kier molecular flexibility index (Phi) is 5.20. The van der Waals surface area contributed by atoms with E-state index >= 15 is 0 Å². The van der Waals surface area contributed by atoms with Crippen molar-refractivity contribution in [2.24, 2.45) is 11.8 Å². The molecule has 1 aliphatic rings. The Morgan fingerprint density at radius 3 is 2.00 bits per heavy atom. The van der Waals surface area contributed by atoms with Gasteiger partial charge in [0.1, 0.15) is 11.5 Å².